The maximum absolute atomic E-state index is 13.0. The molecule has 0 N–H and O–H groups in total. The summed E-state index contributed by atoms with van der Waals surface area (Å²) in [4.78, 5) is 31.3. The van der Waals surface area contributed by atoms with Gasteiger partial charge in [0.1, 0.15) is 6.54 Å². The Morgan fingerprint density at radius 3 is 2.73 bits per heavy atom. The Kier molecular flexibility index (Phi) is 4.50. The SMILES string of the molecule is O=C(Cn1c(=O)cnc2ccccc21)N1CCOC[C@H]1c1ccccc1. The molecule has 1 aliphatic rings. The normalized spacial score (nSPS) is 17.4. The topological polar surface area (TPSA) is 64.4 Å². The number of fused-ring (bicyclic) bond motifs is 1. The third-order valence-corrected chi connectivity index (χ3v) is 4.68. The molecule has 2 heterocycles. The Bertz CT molecular complexity index is 984. The fourth-order valence-electron chi connectivity index (χ4n) is 3.36. The van der Waals surface area contributed by atoms with Crippen molar-refractivity contribution in [2.45, 2.75) is 12.6 Å². The second-order valence-electron chi connectivity index (χ2n) is 6.26. The van der Waals surface area contributed by atoms with Gasteiger partial charge in [-0.15, -0.1) is 0 Å². The smallest absolute Gasteiger partial charge is 0.269 e. The van der Waals surface area contributed by atoms with E-state index in [1.165, 1.54) is 10.8 Å². The highest BCUT2D eigenvalue weighted by Gasteiger charge is 2.28. The molecule has 4 rings (SSSR count). The van der Waals surface area contributed by atoms with E-state index in [9.17, 15) is 9.59 Å². The summed E-state index contributed by atoms with van der Waals surface area (Å²) >= 11 is 0. The van der Waals surface area contributed by atoms with E-state index in [4.69, 9.17) is 4.74 Å². The second kappa shape index (κ2) is 7.09. The van der Waals surface area contributed by atoms with Crippen molar-refractivity contribution in [1.29, 1.82) is 0 Å². The molecule has 0 radical (unpaired) electrons. The molecule has 0 spiro atoms. The first-order valence-electron chi connectivity index (χ1n) is 8.61. The minimum absolute atomic E-state index is 0.00873. The number of aromatic nitrogens is 2. The number of morpholine rings is 1. The first kappa shape index (κ1) is 16.5. The number of para-hydroxylation sites is 2. The lowest BCUT2D eigenvalue weighted by Crippen LogP contribution is -2.45. The highest BCUT2D eigenvalue weighted by molar-refractivity contribution is 5.80. The predicted octanol–water partition coefficient (Wildman–Crippen LogP) is 2.00. The van der Waals surface area contributed by atoms with E-state index in [1.54, 1.807) is 4.90 Å². The van der Waals surface area contributed by atoms with Crippen LogP contribution in [0.2, 0.25) is 0 Å². The Morgan fingerprint density at radius 2 is 1.88 bits per heavy atom. The summed E-state index contributed by atoms with van der Waals surface area (Å²) in [5, 5.41) is 0. The van der Waals surface area contributed by atoms with Gasteiger partial charge in [-0.1, -0.05) is 42.5 Å². The van der Waals surface area contributed by atoms with E-state index in [2.05, 4.69) is 4.98 Å². The second-order valence-corrected chi connectivity index (χ2v) is 6.26. The summed E-state index contributed by atoms with van der Waals surface area (Å²) in [5.74, 6) is -0.0967. The minimum atomic E-state index is -0.276. The van der Waals surface area contributed by atoms with Crippen molar-refractivity contribution < 1.29 is 9.53 Å². The molecule has 0 aliphatic carbocycles. The average Bonchev–Trinajstić information content (AvgIpc) is 2.71. The van der Waals surface area contributed by atoms with Gasteiger partial charge < -0.3 is 9.64 Å². The number of amides is 1. The summed E-state index contributed by atoms with van der Waals surface area (Å²) in [5.41, 5.74) is 2.12. The van der Waals surface area contributed by atoms with Gasteiger partial charge in [0.15, 0.2) is 0 Å². The molecular weight excluding hydrogens is 330 g/mol. The van der Waals surface area contributed by atoms with Crippen LogP contribution in [-0.4, -0.2) is 40.1 Å². The number of benzene rings is 2. The van der Waals surface area contributed by atoms with Crippen molar-refractivity contribution in [2.24, 2.45) is 0 Å². The van der Waals surface area contributed by atoms with Gasteiger partial charge in [0.2, 0.25) is 5.91 Å². The summed E-state index contributed by atoms with van der Waals surface area (Å²) in [7, 11) is 0. The number of carbonyl (C=O) groups excluding carboxylic acids is 1. The maximum atomic E-state index is 13.0. The van der Waals surface area contributed by atoms with Crippen LogP contribution in [0.3, 0.4) is 0 Å². The van der Waals surface area contributed by atoms with Crippen LogP contribution in [0, 0.1) is 0 Å². The lowest BCUT2D eigenvalue weighted by molar-refractivity contribution is -0.140. The summed E-state index contributed by atoms with van der Waals surface area (Å²) in [6, 6.07) is 17.0. The molecule has 1 aliphatic heterocycles. The number of carbonyl (C=O) groups is 1. The minimum Gasteiger partial charge on any atom is -0.377 e. The van der Waals surface area contributed by atoms with E-state index in [0.717, 1.165) is 5.56 Å². The molecule has 0 saturated carbocycles. The van der Waals surface area contributed by atoms with Gasteiger partial charge in [-0.25, -0.2) is 4.98 Å². The Labute approximate surface area is 150 Å². The van der Waals surface area contributed by atoms with Crippen LogP contribution in [0.15, 0.2) is 65.6 Å². The molecule has 3 aromatic rings. The van der Waals surface area contributed by atoms with Gasteiger partial charge >= 0.3 is 0 Å². The van der Waals surface area contributed by atoms with Gasteiger partial charge in [0.25, 0.3) is 5.56 Å². The zero-order valence-corrected chi connectivity index (χ0v) is 14.2. The summed E-state index contributed by atoms with van der Waals surface area (Å²) in [6.45, 7) is 1.46. The van der Waals surface area contributed by atoms with Crippen molar-refractivity contribution in [2.75, 3.05) is 19.8 Å². The van der Waals surface area contributed by atoms with Crippen molar-refractivity contribution in [1.82, 2.24) is 14.5 Å². The molecule has 1 amide bonds. The van der Waals surface area contributed by atoms with Crippen molar-refractivity contribution >= 4 is 16.9 Å². The lowest BCUT2D eigenvalue weighted by Gasteiger charge is -2.36. The highest BCUT2D eigenvalue weighted by Crippen LogP contribution is 2.24. The molecule has 1 aromatic heterocycles. The molecule has 0 bridgehead atoms. The zero-order valence-electron chi connectivity index (χ0n) is 14.2. The number of rotatable bonds is 3. The molecule has 6 nitrogen and oxygen atoms in total. The van der Waals surface area contributed by atoms with Crippen molar-refractivity contribution in [3.05, 3.63) is 76.7 Å². The average molecular weight is 349 g/mol. The van der Waals surface area contributed by atoms with E-state index >= 15 is 0 Å². The van der Waals surface area contributed by atoms with E-state index in [0.29, 0.717) is 30.8 Å². The first-order chi connectivity index (χ1) is 12.7. The fraction of sp³-hybridized carbons (Fsp3) is 0.250. The molecular formula is C20H19N3O3. The fourth-order valence-corrected chi connectivity index (χ4v) is 3.36. The quantitative estimate of drug-likeness (QED) is 0.725. The Balaban J connectivity index is 1.65. The van der Waals surface area contributed by atoms with Crippen LogP contribution < -0.4 is 5.56 Å². The van der Waals surface area contributed by atoms with Crippen molar-refractivity contribution in [3.8, 4) is 0 Å². The van der Waals surface area contributed by atoms with Crippen LogP contribution in [0.1, 0.15) is 11.6 Å². The van der Waals surface area contributed by atoms with Crippen LogP contribution in [0.5, 0.6) is 0 Å². The molecule has 0 unspecified atom stereocenters. The van der Waals surface area contributed by atoms with Crippen molar-refractivity contribution in [3.63, 3.8) is 0 Å². The van der Waals surface area contributed by atoms with Crippen LogP contribution in [0.4, 0.5) is 0 Å². The third kappa shape index (κ3) is 3.11. The maximum Gasteiger partial charge on any atom is 0.269 e. The third-order valence-electron chi connectivity index (χ3n) is 4.68. The zero-order chi connectivity index (χ0) is 17.9. The molecule has 1 saturated heterocycles. The Morgan fingerprint density at radius 1 is 1.12 bits per heavy atom. The van der Waals surface area contributed by atoms with E-state index in [1.807, 2.05) is 54.6 Å². The van der Waals surface area contributed by atoms with Gasteiger partial charge in [0, 0.05) is 6.54 Å². The first-order valence-corrected chi connectivity index (χ1v) is 8.61. The van der Waals surface area contributed by atoms with E-state index < -0.39 is 0 Å². The van der Waals surface area contributed by atoms with Gasteiger partial charge in [0.05, 0.1) is 36.5 Å². The monoisotopic (exact) mass is 349 g/mol. The van der Waals surface area contributed by atoms with Gasteiger partial charge in [-0.3, -0.25) is 14.2 Å². The molecule has 1 fully saturated rings. The largest absolute Gasteiger partial charge is 0.377 e. The highest BCUT2D eigenvalue weighted by atomic mass is 16.5. The molecule has 132 valence electrons. The lowest BCUT2D eigenvalue weighted by atomic mass is 10.0. The molecule has 6 heteroatoms. The summed E-state index contributed by atoms with van der Waals surface area (Å²) < 4.78 is 7.08. The van der Waals surface area contributed by atoms with E-state index in [-0.39, 0.29) is 24.1 Å². The molecule has 1 atom stereocenters. The number of nitrogens with zero attached hydrogens (tertiary/aromatic N) is 3. The molecule has 26 heavy (non-hydrogen) atoms. The van der Waals surface area contributed by atoms with Crippen LogP contribution in [-0.2, 0) is 16.1 Å². The van der Waals surface area contributed by atoms with Crippen LogP contribution >= 0.6 is 0 Å². The Hall–Kier alpha value is -2.99. The van der Waals surface area contributed by atoms with Crippen LogP contribution in [0.25, 0.3) is 11.0 Å². The number of ether oxygens (including phenoxy) is 1. The van der Waals surface area contributed by atoms with Gasteiger partial charge in [-0.05, 0) is 17.7 Å². The molecule has 2 aromatic carbocycles. The number of hydrogen-bond acceptors (Lipinski definition) is 4. The predicted molar refractivity (Wildman–Crippen MR) is 97.7 cm³/mol. The van der Waals surface area contributed by atoms with Gasteiger partial charge in [-0.2, -0.15) is 0 Å². The summed E-state index contributed by atoms with van der Waals surface area (Å²) in [6.07, 6.45) is 1.27. The standard InChI is InChI=1S/C20H19N3O3/c24-19-12-21-16-8-4-5-9-17(16)23(19)13-20(25)22-10-11-26-14-18(22)15-6-2-1-3-7-15/h1-9,12,18H,10-11,13-14H2/t18-/m0/s1. The number of hydrogen-bond donors (Lipinski definition) is 0.